The highest BCUT2D eigenvalue weighted by Crippen LogP contribution is 2.34. The summed E-state index contributed by atoms with van der Waals surface area (Å²) in [5.41, 5.74) is 2.22. The van der Waals surface area contributed by atoms with Crippen LogP contribution in [0.25, 0.3) is 11.4 Å². The van der Waals surface area contributed by atoms with E-state index in [9.17, 15) is 40.7 Å². The number of halogens is 8. The molecule has 0 aliphatic carbocycles. The maximum absolute atomic E-state index is 13.2. The van der Waals surface area contributed by atoms with Gasteiger partial charge in [0.15, 0.2) is 0 Å². The van der Waals surface area contributed by atoms with Gasteiger partial charge in [-0.05, 0) is 130 Å². The Morgan fingerprint density at radius 3 is 1.45 bits per heavy atom. The molecule has 0 saturated carbocycles. The number of benzene rings is 4. The van der Waals surface area contributed by atoms with Crippen LogP contribution in [0.15, 0.2) is 122 Å². The Bertz CT molecular complexity index is 2590. The number of nitrogens with zero attached hydrogens (tertiary/aromatic N) is 4. The van der Waals surface area contributed by atoms with Gasteiger partial charge in [-0.15, -0.1) is 6.58 Å². The van der Waals surface area contributed by atoms with Gasteiger partial charge in [-0.2, -0.15) is 36.5 Å². The first kappa shape index (κ1) is 49.6. The third-order valence-electron chi connectivity index (χ3n) is 10.3. The molecule has 2 heterocycles. The molecule has 0 unspecified atom stereocenters. The fourth-order valence-corrected chi connectivity index (χ4v) is 7.11. The molecule has 0 aliphatic rings. The van der Waals surface area contributed by atoms with Crippen LogP contribution in [0.2, 0.25) is 10.0 Å². The van der Waals surface area contributed by atoms with Crippen molar-refractivity contribution in [3.63, 3.8) is 0 Å². The molecule has 342 valence electrons. The van der Waals surface area contributed by atoms with Gasteiger partial charge in [0.1, 0.15) is 0 Å². The zero-order valence-corrected chi connectivity index (χ0v) is 36.6. The minimum absolute atomic E-state index is 0.156. The summed E-state index contributed by atoms with van der Waals surface area (Å²) in [7, 11) is 0. The Kier molecular flexibility index (Phi) is 16.8. The van der Waals surface area contributed by atoms with E-state index < -0.39 is 53.3 Å². The Morgan fingerprint density at radius 2 is 1.08 bits per heavy atom. The molecule has 0 spiro atoms. The SMILES string of the molecule is C=CCCC[C@H](NC(=O)c1cnn(-c2ccc(Cl)cc2)c1C)c1cccc(C(F)(F)F)c1.Cc1c(C(=O)N[C@@H](CCCC(=O)O)c2cccc(C(F)(F)F)c2)cnn1-c1ccc(Cl)cc1. The van der Waals surface area contributed by atoms with E-state index >= 15 is 0 Å². The molecule has 2 atom stereocenters. The number of carbonyl (C=O) groups is 3. The van der Waals surface area contributed by atoms with Gasteiger partial charge >= 0.3 is 18.3 Å². The van der Waals surface area contributed by atoms with Crippen LogP contribution in [-0.2, 0) is 17.1 Å². The summed E-state index contributed by atoms with van der Waals surface area (Å²) in [6.45, 7) is 7.13. The summed E-state index contributed by atoms with van der Waals surface area (Å²) in [6.07, 6.45) is -2.42. The molecule has 10 nitrogen and oxygen atoms in total. The van der Waals surface area contributed by atoms with Crippen molar-refractivity contribution in [3.05, 3.63) is 177 Å². The molecule has 18 heteroatoms. The lowest BCUT2D eigenvalue weighted by Gasteiger charge is -2.20. The summed E-state index contributed by atoms with van der Waals surface area (Å²) in [6, 6.07) is 22.2. The summed E-state index contributed by atoms with van der Waals surface area (Å²) >= 11 is 11.8. The first-order valence-corrected chi connectivity index (χ1v) is 20.9. The average molecular weight is 942 g/mol. The molecule has 3 N–H and O–H groups in total. The van der Waals surface area contributed by atoms with Crippen molar-refractivity contribution in [2.24, 2.45) is 0 Å². The highest BCUT2D eigenvalue weighted by Gasteiger charge is 2.32. The van der Waals surface area contributed by atoms with E-state index in [0.29, 0.717) is 57.5 Å². The van der Waals surface area contributed by atoms with E-state index in [0.717, 1.165) is 30.0 Å². The number of carbonyl (C=O) groups excluding carboxylic acids is 2. The maximum atomic E-state index is 13.2. The van der Waals surface area contributed by atoms with Crippen LogP contribution in [0, 0.1) is 13.8 Å². The topological polar surface area (TPSA) is 131 Å². The average Bonchev–Trinajstić information content (AvgIpc) is 3.85. The number of carboxylic acids is 1. The number of hydrogen-bond donors (Lipinski definition) is 3. The molecule has 0 aliphatic heterocycles. The van der Waals surface area contributed by atoms with Crippen molar-refractivity contribution in [1.29, 1.82) is 0 Å². The second-order valence-corrected chi connectivity index (χ2v) is 15.7. The van der Waals surface area contributed by atoms with Gasteiger partial charge in [-0.25, -0.2) is 9.36 Å². The van der Waals surface area contributed by atoms with Crippen LogP contribution in [0.4, 0.5) is 26.3 Å². The predicted molar refractivity (Wildman–Crippen MR) is 235 cm³/mol. The zero-order chi connectivity index (χ0) is 47.5. The number of alkyl halides is 6. The predicted octanol–water partition coefficient (Wildman–Crippen LogP) is 12.3. The third-order valence-corrected chi connectivity index (χ3v) is 10.8. The number of amides is 2. The molecular formula is C47H44Cl2F6N6O4. The number of allylic oxidation sites excluding steroid dienone is 1. The molecule has 65 heavy (non-hydrogen) atoms. The molecule has 0 fully saturated rings. The second kappa shape index (κ2) is 22.0. The number of nitrogens with one attached hydrogen (secondary N) is 2. The molecule has 4 aromatic carbocycles. The normalized spacial score (nSPS) is 12.4. The number of aromatic nitrogens is 4. The lowest BCUT2D eigenvalue weighted by atomic mass is 9.98. The molecule has 6 aromatic rings. The van der Waals surface area contributed by atoms with E-state index in [4.69, 9.17) is 28.3 Å². The molecule has 2 aromatic heterocycles. The number of rotatable bonds is 16. The quantitative estimate of drug-likeness (QED) is 0.0503. The van der Waals surface area contributed by atoms with Crippen LogP contribution < -0.4 is 10.6 Å². The van der Waals surface area contributed by atoms with E-state index in [1.54, 1.807) is 83.9 Å². The minimum Gasteiger partial charge on any atom is -0.481 e. The number of carboxylic acid groups (broad SMARTS) is 1. The number of aliphatic carboxylic acids is 1. The van der Waals surface area contributed by atoms with Crippen molar-refractivity contribution >= 4 is 41.0 Å². The summed E-state index contributed by atoms with van der Waals surface area (Å²) in [5.74, 6) is -1.95. The van der Waals surface area contributed by atoms with Crippen molar-refractivity contribution in [2.45, 2.75) is 76.8 Å². The van der Waals surface area contributed by atoms with E-state index in [2.05, 4.69) is 27.4 Å². The van der Waals surface area contributed by atoms with E-state index in [1.165, 1.54) is 30.6 Å². The van der Waals surface area contributed by atoms with Gasteiger partial charge in [-0.3, -0.25) is 14.4 Å². The first-order chi connectivity index (χ1) is 30.8. The van der Waals surface area contributed by atoms with Gasteiger partial charge in [0, 0.05) is 16.5 Å². The zero-order valence-electron chi connectivity index (χ0n) is 35.1. The summed E-state index contributed by atoms with van der Waals surface area (Å²) in [5, 5.41) is 24.2. The molecular weight excluding hydrogens is 897 g/mol. The van der Waals surface area contributed by atoms with Crippen molar-refractivity contribution in [3.8, 4) is 11.4 Å². The van der Waals surface area contributed by atoms with Gasteiger partial charge in [0.25, 0.3) is 11.8 Å². The fraction of sp³-hybridized carbons (Fsp3) is 0.255. The highest BCUT2D eigenvalue weighted by molar-refractivity contribution is 6.30. The van der Waals surface area contributed by atoms with Gasteiger partial charge in [-0.1, -0.05) is 53.5 Å². The highest BCUT2D eigenvalue weighted by atomic mass is 35.5. The molecule has 6 rings (SSSR count). The Labute approximate surface area is 380 Å². The van der Waals surface area contributed by atoms with Gasteiger partial charge < -0.3 is 15.7 Å². The van der Waals surface area contributed by atoms with E-state index in [1.807, 2.05) is 0 Å². The maximum Gasteiger partial charge on any atom is 0.416 e. The van der Waals surface area contributed by atoms with Crippen LogP contribution in [0.1, 0.15) is 105 Å². The molecule has 0 bridgehead atoms. The lowest BCUT2D eigenvalue weighted by Crippen LogP contribution is -2.29. The summed E-state index contributed by atoms with van der Waals surface area (Å²) in [4.78, 5) is 36.9. The van der Waals surface area contributed by atoms with Crippen LogP contribution >= 0.6 is 23.2 Å². The van der Waals surface area contributed by atoms with Crippen molar-refractivity contribution < 1.29 is 45.8 Å². The molecule has 0 saturated heterocycles. The molecule has 0 radical (unpaired) electrons. The van der Waals surface area contributed by atoms with Crippen molar-refractivity contribution in [2.75, 3.05) is 0 Å². The minimum atomic E-state index is -4.54. The largest absolute Gasteiger partial charge is 0.481 e. The summed E-state index contributed by atoms with van der Waals surface area (Å²) < 4.78 is 82.2. The Balaban J connectivity index is 0.000000244. The van der Waals surface area contributed by atoms with Crippen LogP contribution in [0.5, 0.6) is 0 Å². The van der Waals surface area contributed by atoms with Crippen molar-refractivity contribution in [1.82, 2.24) is 30.2 Å². The Hall–Kier alpha value is -6.39. The monoisotopic (exact) mass is 940 g/mol. The molecule has 2 amide bonds. The van der Waals surface area contributed by atoms with Gasteiger partial charge in [0.2, 0.25) is 0 Å². The Morgan fingerprint density at radius 1 is 0.677 bits per heavy atom. The number of unbranched alkanes of at least 4 members (excludes halogenated alkanes) is 1. The smallest absolute Gasteiger partial charge is 0.416 e. The van der Waals surface area contributed by atoms with Gasteiger partial charge in [0.05, 0.1) is 69.5 Å². The fourth-order valence-electron chi connectivity index (χ4n) is 6.85. The first-order valence-electron chi connectivity index (χ1n) is 20.2. The lowest BCUT2D eigenvalue weighted by molar-refractivity contribution is -0.138. The third kappa shape index (κ3) is 13.6. The van der Waals surface area contributed by atoms with E-state index in [-0.39, 0.29) is 30.4 Å². The van der Waals surface area contributed by atoms with Crippen LogP contribution in [-0.4, -0.2) is 42.5 Å². The number of hydrogen-bond acceptors (Lipinski definition) is 5. The second-order valence-electron chi connectivity index (χ2n) is 14.9. The standard InChI is InChI=1S/C24H23ClF3N3O.C23H21ClF3N3O3/c1-3-4-5-9-22(17-7-6-8-18(14-17)24(26,27)28)30-23(32)21-15-29-31(16(21)2)20-12-10-19(25)11-13-20;1-14-19(13-28-30(14)18-10-8-17(24)9-11-18)22(33)29-20(6-3-7-21(31)32)15-4-2-5-16(12-15)23(25,26)27/h3,6-8,10-15,22H,1,4-5,9H2,2H3,(H,30,32);2,4-5,8-13,20H,3,6-7H2,1H3,(H,29,33)(H,31,32)/t22-;20-/m00/s1. The van der Waals surface area contributed by atoms with Crippen LogP contribution in [0.3, 0.4) is 0 Å².